The van der Waals surface area contributed by atoms with Crippen molar-refractivity contribution in [2.75, 3.05) is 14.2 Å². The largest absolute Gasteiger partial charge is 0.466 e. The fourth-order valence-electron chi connectivity index (χ4n) is 4.92. The first-order valence-electron chi connectivity index (χ1n) is 7.14. The third kappa shape index (κ3) is 2.18. The Bertz CT molecular complexity index is 509. The molecule has 0 saturated heterocycles. The first-order chi connectivity index (χ1) is 9.50. The van der Waals surface area contributed by atoms with Gasteiger partial charge in [-0.05, 0) is 23.7 Å². The number of ether oxygens (including phenoxy) is 2. The highest BCUT2D eigenvalue weighted by Gasteiger charge is 2.64. The number of carbonyl (C=O) groups is 2. The Kier molecular flexibility index (Phi) is 3.48. The second-order valence-electron chi connectivity index (χ2n) is 7.57. The van der Waals surface area contributed by atoms with E-state index in [4.69, 9.17) is 9.47 Å². The fourth-order valence-corrected chi connectivity index (χ4v) is 4.92. The van der Waals surface area contributed by atoms with Gasteiger partial charge in [-0.2, -0.15) is 0 Å². The van der Waals surface area contributed by atoms with Crippen LogP contribution in [0.15, 0.2) is 11.1 Å². The minimum Gasteiger partial charge on any atom is -0.466 e. The van der Waals surface area contributed by atoms with Gasteiger partial charge in [0.05, 0.1) is 31.0 Å². The number of carbonyl (C=O) groups excluding carboxylic acids is 2. The van der Waals surface area contributed by atoms with Crippen LogP contribution in [0.1, 0.15) is 40.5 Å². The number of hydrogen-bond acceptors (Lipinski definition) is 5. The van der Waals surface area contributed by atoms with Gasteiger partial charge in [0.15, 0.2) is 0 Å². The van der Waals surface area contributed by atoms with Crippen LogP contribution in [0.5, 0.6) is 0 Å². The van der Waals surface area contributed by atoms with E-state index in [1.807, 2.05) is 27.7 Å². The Morgan fingerprint density at radius 3 is 1.81 bits per heavy atom. The first kappa shape index (κ1) is 16.0. The van der Waals surface area contributed by atoms with Crippen LogP contribution in [0.3, 0.4) is 0 Å². The number of rotatable bonds is 2. The van der Waals surface area contributed by atoms with Crippen molar-refractivity contribution < 1.29 is 24.2 Å². The standard InChI is InChI=1S/C16H24O5/c1-14(2)7-16(19)8-15(3,4)11(14)9(12(17)20-5)10(16)13(18)21-6/h11,19H,7-8H2,1-6H3. The molecule has 3 rings (SSSR count). The first-order valence-corrected chi connectivity index (χ1v) is 7.14. The van der Waals surface area contributed by atoms with Crippen molar-refractivity contribution >= 4 is 11.9 Å². The third-order valence-electron chi connectivity index (χ3n) is 4.88. The number of fused-ring (bicyclic) bond motifs is 2. The maximum absolute atomic E-state index is 12.3. The smallest absolute Gasteiger partial charge is 0.337 e. The summed E-state index contributed by atoms with van der Waals surface area (Å²) in [6, 6.07) is 0. The molecule has 0 aromatic rings. The summed E-state index contributed by atoms with van der Waals surface area (Å²) in [5, 5.41) is 11.1. The van der Waals surface area contributed by atoms with Gasteiger partial charge in [-0.3, -0.25) is 0 Å². The van der Waals surface area contributed by atoms with Crippen molar-refractivity contribution in [1.29, 1.82) is 0 Å². The van der Waals surface area contributed by atoms with Gasteiger partial charge < -0.3 is 14.6 Å². The molecule has 3 aliphatic rings. The molecule has 0 aliphatic heterocycles. The highest BCUT2D eigenvalue weighted by atomic mass is 16.5. The van der Waals surface area contributed by atoms with E-state index in [1.54, 1.807) is 0 Å². The van der Waals surface area contributed by atoms with Gasteiger partial charge in [0, 0.05) is 5.92 Å². The monoisotopic (exact) mass is 296 g/mol. The molecule has 3 aliphatic carbocycles. The van der Waals surface area contributed by atoms with E-state index >= 15 is 0 Å². The van der Waals surface area contributed by atoms with Gasteiger partial charge in [0.25, 0.3) is 0 Å². The molecule has 1 N–H and O–H groups in total. The number of methoxy groups -OCH3 is 2. The molecule has 2 bridgehead atoms. The lowest BCUT2D eigenvalue weighted by molar-refractivity contribution is -0.158. The summed E-state index contributed by atoms with van der Waals surface area (Å²) < 4.78 is 9.69. The summed E-state index contributed by atoms with van der Waals surface area (Å²) in [5.41, 5.74) is -1.60. The minimum absolute atomic E-state index is 0.0838. The second-order valence-corrected chi connectivity index (χ2v) is 7.57. The lowest BCUT2D eigenvalue weighted by atomic mass is 9.45. The van der Waals surface area contributed by atoms with E-state index in [-0.39, 0.29) is 27.9 Å². The maximum atomic E-state index is 12.3. The van der Waals surface area contributed by atoms with Crippen LogP contribution in [0.4, 0.5) is 0 Å². The normalized spacial score (nSPS) is 32.8. The van der Waals surface area contributed by atoms with Crippen LogP contribution < -0.4 is 0 Å². The zero-order valence-corrected chi connectivity index (χ0v) is 13.6. The average molecular weight is 296 g/mol. The zero-order valence-electron chi connectivity index (χ0n) is 13.6. The molecule has 0 spiro atoms. The van der Waals surface area contributed by atoms with E-state index < -0.39 is 17.5 Å². The van der Waals surface area contributed by atoms with Gasteiger partial charge in [-0.15, -0.1) is 0 Å². The predicted octanol–water partition coefficient (Wildman–Crippen LogP) is 1.84. The van der Waals surface area contributed by atoms with Gasteiger partial charge in [0.1, 0.15) is 0 Å². The number of esters is 2. The molecule has 0 aromatic carbocycles. The van der Waals surface area contributed by atoms with Crippen LogP contribution in [-0.2, 0) is 19.1 Å². The molecular formula is C16H24O5. The molecule has 0 unspecified atom stereocenters. The van der Waals surface area contributed by atoms with E-state index in [9.17, 15) is 14.7 Å². The molecule has 1 fully saturated rings. The Morgan fingerprint density at radius 2 is 1.43 bits per heavy atom. The highest BCUT2D eigenvalue weighted by Crippen LogP contribution is 2.64. The van der Waals surface area contributed by atoms with Crippen LogP contribution in [0, 0.1) is 16.7 Å². The molecular weight excluding hydrogens is 272 g/mol. The van der Waals surface area contributed by atoms with Gasteiger partial charge >= 0.3 is 11.9 Å². The minimum atomic E-state index is -1.35. The Morgan fingerprint density at radius 1 is 1.00 bits per heavy atom. The Labute approximate surface area is 125 Å². The van der Waals surface area contributed by atoms with Crippen LogP contribution in [-0.4, -0.2) is 36.9 Å². The van der Waals surface area contributed by atoms with Crippen molar-refractivity contribution in [1.82, 2.24) is 0 Å². The summed E-state index contributed by atoms with van der Waals surface area (Å²) in [5.74, 6) is -1.37. The summed E-state index contributed by atoms with van der Waals surface area (Å²) in [6.07, 6.45) is 0.859. The number of hydrogen-bond donors (Lipinski definition) is 1. The maximum Gasteiger partial charge on any atom is 0.337 e. The fraction of sp³-hybridized carbons (Fsp3) is 0.750. The van der Waals surface area contributed by atoms with E-state index in [2.05, 4.69) is 0 Å². The summed E-state index contributed by atoms with van der Waals surface area (Å²) >= 11 is 0. The average Bonchev–Trinajstić information content (AvgIpc) is 2.32. The zero-order chi connectivity index (χ0) is 16.2. The quantitative estimate of drug-likeness (QED) is 0.787. The van der Waals surface area contributed by atoms with Gasteiger partial charge in [-0.1, -0.05) is 27.7 Å². The Hall–Kier alpha value is -1.36. The molecule has 0 aromatic heterocycles. The second kappa shape index (κ2) is 4.57. The summed E-state index contributed by atoms with van der Waals surface area (Å²) in [6.45, 7) is 8.06. The summed E-state index contributed by atoms with van der Waals surface area (Å²) in [7, 11) is 2.54. The van der Waals surface area contributed by atoms with E-state index in [0.29, 0.717) is 12.8 Å². The lowest BCUT2D eigenvalue weighted by Gasteiger charge is -2.60. The highest BCUT2D eigenvalue weighted by molar-refractivity contribution is 6.03. The topological polar surface area (TPSA) is 72.8 Å². The van der Waals surface area contributed by atoms with Crippen molar-refractivity contribution in [3.63, 3.8) is 0 Å². The molecule has 0 heterocycles. The van der Waals surface area contributed by atoms with Gasteiger partial charge in [-0.25, -0.2) is 9.59 Å². The van der Waals surface area contributed by atoms with Crippen molar-refractivity contribution in [2.45, 2.75) is 46.1 Å². The van der Waals surface area contributed by atoms with E-state index in [0.717, 1.165) is 0 Å². The van der Waals surface area contributed by atoms with E-state index in [1.165, 1.54) is 14.2 Å². The SMILES string of the molecule is COC(=O)C1=C(C(=O)OC)C2(O)CC(C)(C)C1C(C)(C)C2. The molecule has 118 valence electrons. The Balaban J connectivity index is 2.78. The molecule has 0 amide bonds. The molecule has 5 heteroatoms. The van der Waals surface area contributed by atoms with Crippen LogP contribution >= 0.6 is 0 Å². The lowest BCUT2D eigenvalue weighted by Crippen LogP contribution is -2.60. The molecule has 1 saturated carbocycles. The van der Waals surface area contributed by atoms with Crippen molar-refractivity contribution in [3.8, 4) is 0 Å². The molecule has 5 nitrogen and oxygen atoms in total. The van der Waals surface area contributed by atoms with Crippen LogP contribution in [0.25, 0.3) is 0 Å². The van der Waals surface area contributed by atoms with Crippen molar-refractivity contribution in [2.24, 2.45) is 16.7 Å². The predicted molar refractivity (Wildman–Crippen MR) is 76.3 cm³/mol. The van der Waals surface area contributed by atoms with Gasteiger partial charge in [0.2, 0.25) is 0 Å². The molecule has 0 radical (unpaired) electrons. The molecule has 0 atom stereocenters. The summed E-state index contributed by atoms with van der Waals surface area (Å²) in [4.78, 5) is 24.5. The van der Waals surface area contributed by atoms with Crippen LogP contribution in [0.2, 0.25) is 0 Å². The van der Waals surface area contributed by atoms with Crippen molar-refractivity contribution in [3.05, 3.63) is 11.1 Å². The third-order valence-corrected chi connectivity index (χ3v) is 4.88. The molecule has 21 heavy (non-hydrogen) atoms. The number of aliphatic hydroxyl groups is 1.